The minimum atomic E-state index is -1.20. The third kappa shape index (κ3) is 4.91. The van der Waals surface area contributed by atoms with Gasteiger partial charge in [0.1, 0.15) is 5.75 Å². The van der Waals surface area contributed by atoms with Crippen molar-refractivity contribution in [3.05, 3.63) is 66.2 Å². The van der Waals surface area contributed by atoms with Crippen LogP contribution < -0.4 is 16.2 Å². The molecule has 5 nitrogen and oxygen atoms in total. The fourth-order valence-corrected chi connectivity index (χ4v) is 1.80. The molecule has 0 saturated heterocycles. The molecule has 4 N–H and O–H groups in total. The minimum absolute atomic E-state index is 0.421. The zero-order valence-electron chi connectivity index (χ0n) is 11.5. The summed E-state index contributed by atoms with van der Waals surface area (Å²) in [5.41, 5.74) is 12.4. The van der Waals surface area contributed by atoms with Gasteiger partial charge in [0.05, 0.1) is 0 Å². The molecule has 21 heavy (non-hydrogen) atoms. The molecule has 0 radical (unpaired) electrons. The van der Waals surface area contributed by atoms with Gasteiger partial charge in [-0.05, 0) is 17.7 Å². The Morgan fingerprint density at radius 3 is 2.14 bits per heavy atom. The molecule has 2 unspecified atom stereocenters. The smallest absolute Gasteiger partial charge is 0.364 e. The van der Waals surface area contributed by atoms with Crippen molar-refractivity contribution >= 4 is 5.97 Å². The van der Waals surface area contributed by atoms with Gasteiger partial charge in [0, 0.05) is 6.42 Å². The van der Waals surface area contributed by atoms with Gasteiger partial charge in [-0.3, -0.25) is 11.5 Å². The van der Waals surface area contributed by atoms with Crippen molar-refractivity contribution in [2.45, 2.75) is 18.9 Å². The van der Waals surface area contributed by atoms with E-state index in [2.05, 4.69) is 0 Å². The van der Waals surface area contributed by atoms with E-state index in [1.165, 1.54) is 0 Å². The van der Waals surface area contributed by atoms with Gasteiger partial charge in [-0.15, -0.1) is 0 Å². The number of esters is 1. The quantitative estimate of drug-likeness (QED) is 0.619. The van der Waals surface area contributed by atoms with Gasteiger partial charge >= 0.3 is 5.97 Å². The van der Waals surface area contributed by atoms with E-state index >= 15 is 0 Å². The van der Waals surface area contributed by atoms with Crippen molar-refractivity contribution in [1.82, 2.24) is 0 Å². The van der Waals surface area contributed by atoms with Crippen LogP contribution in [0.1, 0.15) is 5.56 Å². The summed E-state index contributed by atoms with van der Waals surface area (Å²) in [6, 6.07) is 18.3. The molecule has 0 aliphatic rings. The van der Waals surface area contributed by atoms with E-state index in [0.717, 1.165) is 5.56 Å². The fourth-order valence-electron chi connectivity index (χ4n) is 1.80. The van der Waals surface area contributed by atoms with E-state index in [1.54, 1.807) is 24.3 Å². The number of para-hydroxylation sites is 1. The van der Waals surface area contributed by atoms with Crippen LogP contribution in [0, 0.1) is 0 Å². The molecule has 5 heteroatoms. The summed E-state index contributed by atoms with van der Waals surface area (Å²) >= 11 is 0. The van der Waals surface area contributed by atoms with E-state index in [9.17, 15) is 4.79 Å². The first-order valence-electron chi connectivity index (χ1n) is 6.62. The highest BCUT2D eigenvalue weighted by Gasteiger charge is 2.20. The second-order valence-electron chi connectivity index (χ2n) is 4.52. The molecule has 0 aromatic heterocycles. The lowest BCUT2D eigenvalue weighted by molar-refractivity contribution is -0.156. The molecular formula is C16H18N2O3. The van der Waals surface area contributed by atoms with Gasteiger partial charge in [0.15, 0.2) is 6.23 Å². The number of hydrogen-bond donors (Lipinski definition) is 2. The van der Waals surface area contributed by atoms with E-state index < -0.39 is 18.4 Å². The van der Waals surface area contributed by atoms with Crippen molar-refractivity contribution in [3.8, 4) is 5.75 Å². The Bertz CT molecular complexity index is 560. The monoisotopic (exact) mass is 286 g/mol. The lowest BCUT2D eigenvalue weighted by atomic mass is 10.1. The van der Waals surface area contributed by atoms with Crippen LogP contribution >= 0.6 is 0 Å². The zero-order chi connectivity index (χ0) is 15.1. The van der Waals surface area contributed by atoms with Crippen molar-refractivity contribution in [2.24, 2.45) is 11.5 Å². The Hall–Kier alpha value is -2.37. The maximum Gasteiger partial charge on any atom is 0.364 e. The molecule has 2 rings (SSSR count). The summed E-state index contributed by atoms with van der Waals surface area (Å²) in [5, 5.41) is 0. The van der Waals surface area contributed by atoms with E-state index in [-0.39, 0.29) is 0 Å². The van der Waals surface area contributed by atoms with Crippen LogP contribution in [0.25, 0.3) is 0 Å². The van der Waals surface area contributed by atoms with Gasteiger partial charge in [-0.1, -0.05) is 48.5 Å². The van der Waals surface area contributed by atoms with E-state index in [0.29, 0.717) is 12.2 Å². The molecule has 0 aliphatic heterocycles. The highest BCUT2D eigenvalue weighted by atomic mass is 16.6. The molecule has 2 aromatic carbocycles. The second-order valence-corrected chi connectivity index (χ2v) is 4.52. The summed E-state index contributed by atoms with van der Waals surface area (Å²) in [6.07, 6.45) is -1.54. The first kappa shape index (κ1) is 15.0. The molecule has 0 aliphatic carbocycles. The lowest BCUT2D eigenvalue weighted by Gasteiger charge is -2.17. The maximum absolute atomic E-state index is 11.8. The molecule has 2 aromatic rings. The van der Waals surface area contributed by atoms with Crippen molar-refractivity contribution in [1.29, 1.82) is 0 Å². The zero-order valence-corrected chi connectivity index (χ0v) is 11.5. The first-order valence-corrected chi connectivity index (χ1v) is 6.62. The molecule has 0 heterocycles. The number of rotatable bonds is 6. The molecule has 2 atom stereocenters. The molecule has 0 bridgehead atoms. The number of nitrogens with two attached hydrogens (primary N) is 2. The summed E-state index contributed by atoms with van der Waals surface area (Å²) in [6.45, 7) is 0. The summed E-state index contributed by atoms with van der Waals surface area (Å²) < 4.78 is 10.4. The van der Waals surface area contributed by atoms with Crippen molar-refractivity contribution in [2.75, 3.05) is 0 Å². The van der Waals surface area contributed by atoms with Crippen LogP contribution in [-0.4, -0.2) is 18.4 Å². The van der Waals surface area contributed by atoms with Crippen molar-refractivity contribution in [3.63, 3.8) is 0 Å². The largest absolute Gasteiger partial charge is 0.464 e. The summed E-state index contributed by atoms with van der Waals surface area (Å²) in [4.78, 5) is 11.8. The van der Waals surface area contributed by atoms with Crippen LogP contribution in [-0.2, 0) is 16.0 Å². The van der Waals surface area contributed by atoms with Gasteiger partial charge < -0.3 is 9.47 Å². The van der Waals surface area contributed by atoms with Gasteiger partial charge in [-0.25, -0.2) is 4.79 Å². The predicted molar refractivity (Wildman–Crippen MR) is 79.3 cm³/mol. The Kier molecular flexibility index (Phi) is 5.31. The van der Waals surface area contributed by atoms with Gasteiger partial charge in [0.25, 0.3) is 0 Å². The fraction of sp³-hybridized carbons (Fsp3) is 0.188. The minimum Gasteiger partial charge on any atom is -0.464 e. The Morgan fingerprint density at radius 1 is 0.952 bits per heavy atom. The van der Waals surface area contributed by atoms with Crippen LogP contribution in [0.5, 0.6) is 5.75 Å². The predicted octanol–water partition coefficient (Wildman–Crippen LogP) is 1.42. The average molecular weight is 286 g/mol. The lowest BCUT2D eigenvalue weighted by Crippen LogP contribution is -2.42. The van der Waals surface area contributed by atoms with Crippen LogP contribution in [0.15, 0.2) is 60.7 Å². The highest BCUT2D eigenvalue weighted by molar-refractivity contribution is 5.74. The topological polar surface area (TPSA) is 87.6 Å². The van der Waals surface area contributed by atoms with Crippen LogP contribution in [0.4, 0.5) is 0 Å². The second kappa shape index (κ2) is 7.42. The summed E-state index contributed by atoms with van der Waals surface area (Å²) in [7, 11) is 0. The Morgan fingerprint density at radius 2 is 1.52 bits per heavy atom. The molecule has 0 amide bonds. The summed E-state index contributed by atoms with van der Waals surface area (Å²) in [5.74, 6) is -0.194. The maximum atomic E-state index is 11.8. The highest BCUT2D eigenvalue weighted by Crippen LogP contribution is 2.10. The van der Waals surface area contributed by atoms with Crippen molar-refractivity contribution < 1.29 is 14.3 Å². The van der Waals surface area contributed by atoms with E-state index in [4.69, 9.17) is 20.9 Å². The number of hydrogen-bond acceptors (Lipinski definition) is 5. The first-order chi connectivity index (χ1) is 10.1. The normalized spacial score (nSPS) is 13.2. The molecule has 0 fully saturated rings. The SMILES string of the molecule is NC(Cc1ccccc1)OC(=O)C(N)Oc1ccccc1. The van der Waals surface area contributed by atoms with Crippen LogP contribution in [0.2, 0.25) is 0 Å². The van der Waals surface area contributed by atoms with Crippen LogP contribution in [0.3, 0.4) is 0 Å². The Balaban J connectivity index is 1.83. The standard InChI is InChI=1S/C16H18N2O3/c17-14(11-12-7-3-1-4-8-12)21-16(19)15(18)20-13-9-5-2-6-10-13/h1-10,14-15H,11,17-18H2. The average Bonchev–Trinajstić information content (AvgIpc) is 2.49. The molecule has 0 spiro atoms. The van der Waals surface area contributed by atoms with Gasteiger partial charge in [0.2, 0.25) is 6.23 Å². The number of carbonyl (C=O) groups is 1. The number of ether oxygens (including phenoxy) is 2. The number of benzene rings is 2. The third-order valence-corrected chi connectivity index (χ3v) is 2.79. The molecule has 0 saturated carbocycles. The van der Waals surface area contributed by atoms with E-state index in [1.807, 2.05) is 36.4 Å². The number of carbonyl (C=O) groups excluding carboxylic acids is 1. The van der Waals surface area contributed by atoms with Gasteiger partial charge in [-0.2, -0.15) is 0 Å². The molecule has 110 valence electrons. The molecular weight excluding hydrogens is 268 g/mol. The Labute approximate surface area is 123 Å². The third-order valence-electron chi connectivity index (χ3n) is 2.79.